The van der Waals surface area contributed by atoms with E-state index in [-0.39, 0.29) is 44.4 Å². The highest BCUT2D eigenvalue weighted by Crippen LogP contribution is 2.57. The molecule has 17 nitrogen and oxygen atoms in total. The molecule has 8 atom stereocenters. The Morgan fingerprint density at radius 1 is 1.04 bits per heavy atom. The quantitative estimate of drug-likeness (QED) is 0.0946. The van der Waals surface area contributed by atoms with Crippen LogP contribution in [0.3, 0.4) is 0 Å². The second-order valence-corrected chi connectivity index (χ2v) is 23.1. The van der Waals surface area contributed by atoms with Crippen molar-refractivity contribution in [2.45, 2.75) is 136 Å². The van der Waals surface area contributed by atoms with E-state index in [1.54, 1.807) is 33.2 Å². The molecule has 6 bridgehead atoms. The zero-order valence-corrected chi connectivity index (χ0v) is 46.2. The van der Waals surface area contributed by atoms with Crippen molar-refractivity contribution in [2.75, 3.05) is 33.9 Å². The molecule has 79 heavy (non-hydrogen) atoms. The van der Waals surface area contributed by atoms with Gasteiger partial charge in [0.05, 0.1) is 42.1 Å². The summed E-state index contributed by atoms with van der Waals surface area (Å²) in [5, 5.41) is 16.5. The lowest BCUT2D eigenvalue weighted by Gasteiger charge is -2.40. The summed E-state index contributed by atoms with van der Waals surface area (Å²) < 4.78 is 74.9. The Hall–Kier alpha value is -6.87. The number of aromatic hydroxyl groups is 1. The van der Waals surface area contributed by atoms with Gasteiger partial charge in [-0.3, -0.25) is 33.7 Å². The summed E-state index contributed by atoms with van der Waals surface area (Å²) >= 11 is 0. The molecule has 2 saturated heterocycles. The number of aromatic nitrogens is 4. The van der Waals surface area contributed by atoms with Crippen LogP contribution in [0.15, 0.2) is 67.3 Å². The largest absolute Gasteiger partial charge is 0.508 e. The topological polar surface area (TPSA) is 193 Å². The molecule has 21 heteroatoms. The van der Waals surface area contributed by atoms with Gasteiger partial charge in [0.2, 0.25) is 17.8 Å². The number of halogens is 4. The predicted octanol–water partition coefficient (Wildman–Crippen LogP) is 8.61. The van der Waals surface area contributed by atoms with Crippen molar-refractivity contribution in [1.82, 2.24) is 44.7 Å². The van der Waals surface area contributed by atoms with Gasteiger partial charge in [0.25, 0.3) is 5.91 Å². The van der Waals surface area contributed by atoms with Crippen LogP contribution >= 0.6 is 0 Å². The maximum atomic E-state index is 15.3. The molecule has 3 aromatic heterocycles. The molecule has 9 rings (SSSR count). The number of hydrogen-bond donors (Lipinski definition) is 3. The van der Waals surface area contributed by atoms with E-state index < -0.39 is 101 Å². The number of nitrogens with one attached hydrogen (secondary N) is 2. The van der Waals surface area contributed by atoms with Crippen molar-refractivity contribution in [2.24, 2.45) is 29.1 Å². The molecule has 1 aliphatic carbocycles. The number of esters is 1. The van der Waals surface area contributed by atoms with Gasteiger partial charge < -0.3 is 34.3 Å². The number of hydrogen-bond acceptors (Lipinski definition) is 11. The average Bonchev–Trinajstić information content (AvgIpc) is 4.37. The first-order valence-corrected chi connectivity index (χ1v) is 27.2. The fraction of sp³-hybridized carbons (Fsp3) is 0.534. The van der Waals surface area contributed by atoms with E-state index in [1.165, 1.54) is 29.9 Å². The molecule has 424 valence electrons. The van der Waals surface area contributed by atoms with Crippen molar-refractivity contribution in [3.63, 3.8) is 0 Å². The zero-order valence-electron chi connectivity index (χ0n) is 46.2. The average molecular weight is 1100 g/mol. The van der Waals surface area contributed by atoms with Gasteiger partial charge in [-0.2, -0.15) is 17.6 Å². The molecule has 0 radical (unpaired) electrons. The third-order valence-electron chi connectivity index (χ3n) is 17.0. The van der Waals surface area contributed by atoms with Crippen LogP contribution < -0.4 is 10.7 Å². The number of carbonyl (C=O) groups excluding carboxylic acids is 5. The third-order valence-corrected chi connectivity index (χ3v) is 17.0. The first-order chi connectivity index (χ1) is 37.4. The highest BCUT2D eigenvalue weighted by atomic mass is 19.4. The van der Waals surface area contributed by atoms with E-state index in [2.05, 4.69) is 33.3 Å². The Bertz CT molecular complexity index is 3160. The highest BCUT2D eigenvalue weighted by molar-refractivity contribution is 5.96. The molecule has 6 heterocycles. The first kappa shape index (κ1) is 56.8. The fourth-order valence-electron chi connectivity index (χ4n) is 13.1. The van der Waals surface area contributed by atoms with Gasteiger partial charge in [0.1, 0.15) is 30.2 Å². The number of nitrogens with zero attached hydrogens (tertiary/aromatic N) is 7. The lowest BCUT2D eigenvalue weighted by Crippen LogP contribution is -2.62. The second-order valence-electron chi connectivity index (χ2n) is 23.1. The van der Waals surface area contributed by atoms with E-state index in [0.717, 1.165) is 61.0 Å². The zero-order chi connectivity index (χ0) is 57.0. The molecule has 3 N–H and O–H groups in total. The highest BCUT2D eigenvalue weighted by Gasteiger charge is 2.66. The Kier molecular flexibility index (Phi) is 15.8. The molecular formula is C58H71F4N9O8. The Labute approximate surface area is 457 Å². The SMILES string of the molecule is CCn1c(-c2cccnc2[C@H](C)OC)c2c3cc(ccc31)-c1cc(O)cc(c1)C[C@H](NC(=O)[C@H](C(C)C)N(C)C(=O)C1C(C(F)(F)F)CC3(CCCN3C(=O)n3cnc(F)c3)C1C)C(=O)N1CCC[C@H](N1)C(=O)OCC(C)(C)C2. The van der Waals surface area contributed by atoms with Gasteiger partial charge in [-0.15, -0.1) is 0 Å². The molecule has 1 spiro atoms. The number of alkyl halides is 3. The number of fused-ring (bicyclic) bond motifs is 6. The minimum Gasteiger partial charge on any atom is -0.508 e. The van der Waals surface area contributed by atoms with Crippen LogP contribution in [0.2, 0.25) is 0 Å². The van der Waals surface area contributed by atoms with Crippen molar-refractivity contribution in [1.29, 1.82) is 0 Å². The van der Waals surface area contributed by atoms with Gasteiger partial charge in [-0.05, 0) is 123 Å². The summed E-state index contributed by atoms with van der Waals surface area (Å²) in [6.07, 6.45) is -0.724. The number of cyclic esters (lactones) is 1. The van der Waals surface area contributed by atoms with Gasteiger partial charge in [0.15, 0.2) is 0 Å². The summed E-state index contributed by atoms with van der Waals surface area (Å²) in [4.78, 5) is 83.3. The molecule has 3 aliphatic heterocycles. The number of carbonyl (C=O) groups is 5. The van der Waals surface area contributed by atoms with Crippen LogP contribution in [0.25, 0.3) is 33.3 Å². The number of hydrazine groups is 1. The van der Waals surface area contributed by atoms with Crippen LogP contribution in [0, 0.1) is 35.0 Å². The summed E-state index contributed by atoms with van der Waals surface area (Å²) in [5.41, 5.74) is 7.33. The summed E-state index contributed by atoms with van der Waals surface area (Å²) in [7, 11) is 2.91. The van der Waals surface area contributed by atoms with Gasteiger partial charge >= 0.3 is 18.2 Å². The van der Waals surface area contributed by atoms with Crippen LogP contribution in [-0.4, -0.2) is 132 Å². The summed E-state index contributed by atoms with van der Waals surface area (Å²) in [6, 6.07) is 10.4. The van der Waals surface area contributed by atoms with Crippen molar-refractivity contribution in [3.8, 4) is 28.1 Å². The number of imidazole rings is 1. The standard InChI is InChI=1S/C58H71F4N9O8/c1-10-69-45-17-16-36-26-40(45)41(50(69)39-14-11-19-63-48(39)34(5)78-9)27-56(6,7)30-79-54(76)43-15-12-21-71(66-43)52(74)44(24-35-22-37(36)25-38(72)23-35)65-51(73)49(32(2)3)67(8)53(75)47-33(4)57(28-42(47)58(60,61)62)18-13-20-70(57)55(77)68-29-46(59)64-31-68/h11,14,16-17,19,22-23,25-26,29,31-34,42-44,47,49,66,72H,10,12-13,15,18,20-21,24,27-28,30H2,1-9H3,(H,65,73)/t33?,34-,42?,43-,44-,47?,49-,57?/m0/s1. The van der Waals surface area contributed by atoms with Gasteiger partial charge in [-0.25, -0.2) is 15.2 Å². The Morgan fingerprint density at radius 3 is 2.48 bits per heavy atom. The lowest BCUT2D eigenvalue weighted by atomic mass is 9.81. The fourth-order valence-corrected chi connectivity index (χ4v) is 13.1. The molecule has 4 aliphatic rings. The number of phenols is 1. The Balaban J connectivity index is 1.08. The molecule has 5 aromatic rings. The number of benzene rings is 2. The first-order valence-electron chi connectivity index (χ1n) is 27.2. The number of rotatable bonds is 9. The smallest absolute Gasteiger partial charge is 0.392 e. The Morgan fingerprint density at radius 2 is 1.80 bits per heavy atom. The maximum Gasteiger partial charge on any atom is 0.392 e. The van der Waals surface area contributed by atoms with Crippen LogP contribution in [0.4, 0.5) is 22.4 Å². The molecule has 4 amide bonds. The third kappa shape index (κ3) is 10.8. The van der Waals surface area contributed by atoms with Crippen LogP contribution in [-0.2, 0) is 48.0 Å². The second kappa shape index (κ2) is 22.0. The van der Waals surface area contributed by atoms with E-state index in [9.17, 15) is 33.5 Å². The molecule has 3 fully saturated rings. The van der Waals surface area contributed by atoms with Crippen molar-refractivity contribution < 1.29 is 56.1 Å². The molecular weight excluding hydrogens is 1030 g/mol. The van der Waals surface area contributed by atoms with Gasteiger partial charge in [-0.1, -0.05) is 46.8 Å². The van der Waals surface area contributed by atoms with E-state index >= 15 is 13.2 Å². The van der Waals surface area contributed by atoms with Crippen molar-refractivity contribution >= 4 is 40.6 Å². The van der Waals surface area contributed by atoms with Gasteiger partial charge in [0, 0.05) is 73.8 Å². The predicted molar refractivity (Wildman–Crippen MR) is 285 cm³/mol. The summed E-state index contributed by atoms with van der Waals surface area (Å²) in [5.74, 6) is -9.72. The maximum absolute atomic E-state index is 15.3. The number of likely N-dealkylation sites (N-methyl/N-ethyl adjacent to an activating group) is 1. The number of pyridine rings is 1. The minimum atomic E-state index is -4.88. The summed E-state index contributed by atoms with van der Waals surface area (Å²) in [6.45, 7) is 13.7. The number of ether oxygens (including phenoxy) is 2. The van der Waals surface area contributed by atoms with E-state index in [4.69, 9.17) is 14.5 Å². The number of methoxy groups -OCH3 is 1. The van der Waals surface area contributed by atoms with Crippen LogP contribution in [0.1, 0.15) is 103 Å². The van der Waals surface area contributed by atoms with E-state index in [1.807, 2.05) is 51.1 Å². The lowest BCUT2D eigenvalue weighted by molar-refractivity contribution is -0.191. The molecule has 2 aromatic carbocycles. The molecule has 1 saturated carbocycles. The number of amides is 4. The number of aryl methyl sites for hydroxylation is 1. The minimum absolute atomic E-state index is 0.0230. The number of phenolic OH excluding ortho intramolecular Hbond substituents is 1. The van der Waals surface area contributed by atoms with E-state index in [0.29, 0.717) is 43.4 Å². The van der Waals surface area contributed by atoms with Crippen molar-refractivity contribution in [3.05, 3.63) is 90.0 Å². The normalized spacial score (nSPS) is 24.4. The number of likely N-dealkylation sites (tertiary alicyclic amines) is 1. The molecule has 4 unspecified atom stereocenters. The monoisotopic (exact) mass is 1100 g/mol. The van der Waals surface area contributed by atoms with Crippen LogP contribution in [0.5, 0.6) is 5.75 Å².